The summed E-state index contributed by atoms with van der Waals surface area (Å²) in [6.07, 6.45) is 12.4. The molecule has 3 fully saturated rings. The zero-order valence-corrected chi connectivity index (χ0v) is 16.4. The largest absolute Gasteiger partial charge is 0.373 e. The van der Waals surface area contributed by atoms with Crippen LogP contribution in [0.3, 0.4) is 0 Å². The minimum absolute atomic E-state index is 0.107. The number of nitrogens with one attached hydrogen (secondary N) is 1. The first-order valence-corrected chi connectivity index (χ1v) is 10.0. The molecule has 5 rings (SSSR count). The van der Waals surface area contributed by atoms with Crippen LogP contribution in [0, 0.1) is 5.41 Å². The Morgan fingerprint density at radius 3 is 2.64 bits per heavy atom. The number of hydrogen-bond acceptors (Lipinski definition) is 6. The summed E-state index contributed by atoms with van der Waals surface area (Å²) in [5.74, 6) is 0.190. The third kappa shape index (κ3) is 2.82. The van der Waals surface area contributed by atoms with Gasteiger partial charge < -0.3 is 10.1 Å². The van der Waals surface area contributed by atoms with Crippen LogP contribution in [-0.2, 0) is 15.1 Å². The first-order chi connectivity index (χ1) is 13.4. The van der Waals surface area contributed by atoms with E-state index in [4.69, 9.17) is 4.74 Å². The van der Waals surface area contributed by atoms with Gasteiger partial charge in [0.25, 0.3) is 0 Å². The van der Waals surface area contributed by atoms with Crippen LogP contribution in [0.5, 0.6) is 0 Å². The Kier molecular flexibility index (Phi) is 3.84. The third-order valence-electron chi connectivity index (χ3n) is 6.87. The zero-order valence-electron chi connectivity index (χ0n) is 16.4. The summed E-state index contributed by atoms with van der Waals surface area (Å²) in [6, 6.07) is 0.114. The number of carbonyl (C=O) groups is 1. The number of hydrogen-bond donors (Lipinski definition) is 1. The molecular formula is C20H26N6O2. The molecule has 1 saturated heterocycles. The summed E-state index contributed by atoms with van der Waals surface area (Å²) in [6.45, 7) is 4.76. The number of carbonyl (C=O) groups excluding carboxylic acids is 1. The second kappa shape index (κ2) is 6.07. The Hall–Kier alpha value is -2.35. The van der Waals surface area contributed by atoms with Gasteiger partial charge in [-0.3, -0.25) is 4.79 Å². The van der Waals surface area contributed by atoms with E-state index >= 15 is 0 Å². The van der Waals surface area contributed by atoms with E-state index in [-0.39, 0.29) is 28.5 Å². The third-order valence-corrected chi connectivity index (χ3v) is 6.87. The monoisotopic (exact) mass is 382 g/mol. The summed E-state index contributed by atoms with van der Waals surface area (Å²) < 4.78 is 7.77. The van der Waals surface area contributed by atoms with Crippen LogP contribution < -0.4 is 5.32 Å². The molecule has 3 aliphatic rings. The normalized spacial score (nSPS) is 33.3. The summed E-state index contributed by atoms with van der Waals surface area (Å²) in [5.41, 5.74) is 1.09. The fourth-order valence-electron chi connectivity index (χ4n) is 5.32. The van der Waals surface area contributed by atoms with Crippen molar-refractivity contribution in [1.82, 2.24) is 30.3 Å². The van der Waals surface area contributed by atoms with E-state index in [1.165, 1.54) is 6.33 Å². The summed E-state index contributed by atoms with van der Waals surface area (Å²) in [7, 11) is 0. The molecule has 0 radical (unpaired) electrons. The highest BCUT2D eigenvalue weighted by atomic mass is 16.5. The molecule has 2 bridgehead atoms. The van der Waals surface area contributed by atoms with Gasteiger partial charge in [-0.05, 0) is 52.4 Å². The van der Waals surface area contributed by atoms with Crippen LogP contribution in [-0.4, -0.2) is 49.1 Å². The Balaban J connectivity index is 1.32. The van der Waals surface area contributed by atoms with Crippen molar-refractivity contribution in [2.45, 2.75) is 69.6 Å². The number of rotatable bonds is 4. The number of nitrogens with zero attached hydrogens (tertiary/aromatic N) is 5. The number of fused-ring (bicyclic) bond motifs is 2. The van der Waals surface area contributed by atoms with Gasteiger partial charge in [-0.15, -0.1) is 5.10 Å². The van der Waals surface area contributed by atoms with Crippen LogP contribution in [0.15, 0.2) is 24.9 Å². The van der Waals surface area contributed by atoms with E-state index in [9.17, 15) is 4.79 Å². The van der Waals surface area contributed by atoms with Crippen molar-refractivity contribution >= 4 is 5.91 Å². The predicted octanol–water partition coefficient (Wildman–Crippen LogP) is 2.08. The molecule has 1 N–H and O–H groups in total. The van der Waals surface area contributed by atoms with Crippen molar-refractivity contribution in [1.29, 1.82) is 0 Å². The number of aromatic nitrogens is 5. The standard InChI is InChI=1S/C20H26N6O2/c1-18(2)7-15(11-28-18)23-17(27)19-3-5-20(12-19,6-4-19)26-10-16(24-25-26)14-8-21-13-22-9-14/h8-10,13,15H,3-7,11-12H2,1-2H3,(H,23,27). The summed E-state index contributed by atoms with van der Waals surface area (Å²) >= 11 is 0. The van der Waals surface area contributed by atoms with E-state index in [2.05, 4.69) is 39.4 Å². The van der Waals surface area contributed by atoms with Crippen LogP contribution in [0.2, 0.25) is 0 Å². The molecule has 3 heterocycles. The van der Waals surface area contributed by atoms with Gasteiger partial charge in [0.1, 0.15) is 12.0 Å². The number of ether oxygens (including phenoxy) is 1. The van der Waals surface area contributed by atoms with Gasteiger partial charge in [-0.2, -0.15) is 0 Å². The fourth-order valence-corrected chi connectivity index (χ4v) is 5.32. The molecule has 0 aromatic carbocycles. The van der Waals surface area contributed by atoms with E-state index in [0.29, 0.717) is 6.61 Å². The summed E-state index contributed by atoms with van der Waals surface area (Å²) in [5, 5.41) is 12.0. The van der Waals surface area contributed by atoms with Crippen molar-refractivity contribution in [3.63, 3.8) is 0 Å². The molecule has 1 amide bonds. The topological polar surface area (TPSA) is 94.8 Å². The quantitative estimate of drug-likeness (QED) is 0.870. The zero-order chi connectivity index (χ0) is 19.4. The summed E-state index contributed by atoms with van der Waals surface area (Å²) in [4.78, 5) is 21.3. The molecule has 1 atom stereocenters. The molecule has 1 aliphatic heterocycles. The lowest BCUT2D eigenvalue weighted by atomic mass is 9.82. The van der Waals surface area contributed by atoms with Gasteiger partial charge in [-0.25, -0.2) is 14.6 Å². The molecule has 1 unspecified atom stereocenters. The van der Waals surface area contributed by atoms with Crippen molar-refractivity contribution < 1.29 is 9.53 Å². The Morgan fingerprint density at radius 1 is 1.21 bits per heavy atom. The lowest BCUT2D eigenvalue weighted by molar-refractivity contribution is -0.131. The first kappa shape index (κ1) is 17.7. The highest BCUT2D eigenvalue weighted by molar-refractivity contribution is 5.84. The number of amides is 1. The van der Waals surface area contributed by atoms with Crippen LogP contribution in [0.4, 0.5) is 0 Å². The highest BCUT2D eigenvalue weighted by Crippen LogP contribution is 2.60. The maximum absolute atomic E-state index is 13.2. The van der Waals surface area contributed by atoms with Gasteiger partial charge >= 0.3 is 0 Å². The molecule has 8 nitrogen and oxygen atoms in total. The average Bonchev–Trinajstić information content (AvgIpc) is 3.45. The SMILES string of the molecule is CC1(C)CC(NC(=O)C23CCC(n4cc(-c5cncnc5)nn4)(CC2)C3)CO1. The Labute approximate surface area is 164 Å². The molecular weight excluding hydrogens is 356 g/mol. The molecule has 2 aliphatic carbocycles. The molecule has 148 valence electrons. The minimum atomic E-state index is -0.283. The second-order valence-corrected chi connectivity index (χ2v) is 9.30. The van der Waals surface area contributed by atoms with Crippen LogP contribution in [0.25, 0.3) is 11.3 Å². The van der Waals surface area contributed by atoms with Crippen molar-refractivity contribution in [2.24, 2.45) is 5.41 Å². The lowest BCUT2D eigenvalue weighted by Crippen LogP contribution is -2.44. The van der Waals surface area contributed by atoms with Gasteiger partial charge in [-0.1, -0.05) is 5.21 Å². The van der Waals surface area contributed by atoms with Crippen molar-refractivity contribution in [3.05, 3.63) is 24.9 Å². The molecule has 8 heteroatoms. The highest BCUT2D eigenvalue weighted by Gasteiger charge is 2.59. The first-order valence-electron chi connectivity index (χ1n) is 10.0. The average molecular weight is 382 g/mol. The second-order valence-electron chi connectivity index (χ2n) is 9.30. The van der Waals surface area contributed by atoms with E-state index in [1.54, 1.807) is 12.4 Å². The van der Waals surface area contributed by atoms with Gasteiger partial charge in [0.15, 0.2) is 0 Å². The Morgan fingerprint density at radius 2 is 1.96 bits per heavy atom. The molecule has 2 aromatic heterocycles. The lowest BCUT2D eigenvalue weighted by Gasteiger charge is -2.27. The minimum Gasteiger partial charge on any atom is -0.373 e. The van der Waals surface area contributed by atoms with E-state index in [1.807, 2.05) is 10.9 Å². The maximum Gasteiger partial charge on any atom is 0.226 e. The molecule has 2 aromatic rings. The van der Waals surface area contributed by atoms with E-state index in [0.717, 1.165) is 49.8 Å². The van der Waals surface area contributed by atoms with Gasteiger partial charge in [0, 0.05) is 18.0 Å². The van der Waals surface area contributed by atoms with Crippen LogP contribution in [0.1, 0.15) is 52.4 Å². The maximum atomic E-state index is 13.2. The van der Waals surface area contributed by atoms with Crippen LogP contribution >= 0.6 is 0 Å². The smallest absolute Gasteiger partial charge is 0.226 e. The van der Waals surface area contributed by atoms with Gasteiger partial charge in [0.2, 0.25) is 5.91 Å². The fraction of sp³-hybridized carbons (Fsp3) is 0.650. The van der Waals surface area contributed by atoms with Crippen molar-refractivity contribution in [3.8, 4) is 11.3 Å². The predicted molar refractivity (Wildman–Crippen MR) is 101 cm³/mol. The van der Waals surface area contributed by atoms with Gasteiger partial charge in [0.05, 0.1) is 35.4 Å². The van der Waals surface area contributed by atoms with E-state index < -0.39 is 0 Å². The molecule has 0 spiro atoms. The molecule has 2 saturated carbocycles. The Bertz CT molecular complexity index is 885. The van der Waals surface area contributed by atoms with Crippen molar-refractivity contribution in [2.75, 3.05) is 6.61 Å². The molecule has 28 heavy (non-hydrogen) atoms.